The summed E-state index contributed by atoms with van der Waals surface area (Å²) in [6.07, 6.45) is 0. The molecule has 0 spiro atoms. The SMILES string of the molecule is CCN(N)CC(C)(C)N. The zero-order valence-electron chi connectivity index (χ0n) is 6.52. The summed E-state index contributed by atoms with van der Waals surface area (Å²) in [7, 11) is 0. The Hall–Kier alpha value is -0.120. The Morgan fingerprint density at radius 2 is 1.89 bits per heavy atom. The molecule has 0 radical (unpaired) electrons. The molecule has 9 heavy (non-hydrogen) atoms. The average Bonchev–Trinajstić information content (AvgIpc) is 1.62. The van der Waals surface area contributed by atoms with Gasteiger partial charge in [0.1, 0.15) is 0 Å². The van der Waals surface area contributed by atoms with Crippen molar-refractivity contribution in [2.24, 2.45) is 11.6 Å². The molecule has 3 nitrogen and oxygen atoms in total. The summed E-state index contributed by atoms with van der Waals surface area (Å²) >= 11 is 0. The van der Waals surface area contributed by atoms with Crippen molar-refractivity contribution in [1.82, 2.24) is 5.01 Å². The van der Waals surface area contributed by atoms with Crippen LogP contribution < -0.4 is 11.6 Å². The van der Waals surface area contributed by atoms with Crippen LogP contribution in [-0.4, -0.2) is 23.6 Å². The molecule has 0 aliphatic heterocycles. The van der Waals surface area contributed by atoms with E-state index in [4.69, 9.17) is 11.6 Å². The van der Waals surface area contributed by atoms with E-state index in [1.54, 1.807) is 5.01 Å². The van der Waals surface area contributed by atoms with E-state index in [-0.39, 0.29) is 5.54 Å². The fraction of sp³-hybridized carbons (Fsp3) is 1.00. The van der Waals surface area contributed by atoms with Crippen molar-refractivity contribution in [1.29, 1.82) is 0 Å². The van der Waals surface area contributed by atoms with Gasteiger partial charge in [0.2, 0.25) is 0 Å². The number of hydrogen-bond acceptors (Lipinski definition) is 3. The van der Waals surface area contributed by atoms with Crippen LogP contribution in [-0.2, 0) is 0 Å². The maximum Gasteiger partial charge on any atom is 0.0303 e. The number of hydrogen-bond donors (Lipinski definition) is 2. The van der Waals surface area contributed by atoms with Crippen molar-refractivity contribution in [2.75, 3.05) is 13.1 Å². The first-order valence-electron chi connectivity index (χ1n) is 3.24. The second-order valence-electron chi connectivity index (χ2n) is 3.05. The number of rotatable bonds is 3. The van der Waals surface area contributed by atoms with Crippen LogP contribution in [0.15, 0.2) is 0 Å². The Labute approximate surface area is 57.0 Å². The third-order valence-electron chi connectivity index (χ3n) is 1.02. The molecule has 0 aliphatic rings. The smallest absolute Gasteiger partial charge is 0.0303 e. The summed E-state index contributed by atoms with van der Waals surface area (Å²) in [6.45, 7) is 7.51. The van der Waals surface area contributed by atoms with E-state index in [9.17, 15) is 0 Å². The van der Waals surface area contributed by atoms with Crippen LogP contribution in [0.4, 0.5) is 0 Å². The molecule has 0 amide bonds. The topological polar surface area (TPSA) is 55.3 Å². The van der Waals surface area contributed by atoms with E-state index in [0.29, 0.717) is 0 Å². The van der Waals surface area contributed by atoms with Crippen LogP contribution in [0.5, 0.6) is 0 Å². The molecule has 56 valence electrons. The first kappa shape index (κ1) is 8.88. The van der Waals surface area contributed by atoms with Crippen molar-refractivity contribution in [3.8, 4) is 0 Å². The van der Waals surface area contributed by atoms with E-state index in [1.807, 2.05) is 20.8 Å². The van der Waals surface area contributed by atoms with Gasteiger partial charge in [-0.3, -0.25) is 5.84 Å². The van der Waals surface area contributed by atoms with E-state index >= 15 is 0 Å². The van der Waals surface area contributed by atoms with Crippen LogP contribution in [0.2, 0.25) is 0 Å². The summed E-state index contributed by atoms with van der Waals surface area (Å²) < 4.78 is 0. The maximum atomic E-state index is 5.69. The molecule has 0 aromatic heterocycles. The molecule has 3 heteroatoms. The minimum Gasteiger partial charge on any atom is -0.324 e. The number of hydrazine groups is 1. The molecule has 4 N–H and O–H groups in total. The number of nitrogens with zero attached hydrogens (tertiary/aromatic N) is 1. The van der Waals surface area contributed by atoms with Gasteiger partial charge in [-0.15, -0.1) is 0 Å². The van der Waals surface area contributed by atoms with Gasteiger partial charge in [0.25, 0.3) is 0 Å². The minimum atomic E-state index is -0.176. The van der Waals surface area contributed by atoms with Crippen molar-refractivity contribution in [3.63, 3.8) is 0 Å². The zero-order valence-corrected chi connectivity index (χ0v) is 6.52. The zero-order chi connectivity index (χ0) is 7.49. The predicted octanol–water partition coefficient (Wildman–Crippen LogP) is -0.0807. The van der Waals surface area contributed by atoms with Gasteiger partial charge in [0.05, 0.1) is 0 Å². The highest BCUT2D eigenvalue weighted by Crippen LogP contribution is 1.96. The monoisotopic (exact) mass is 131 g/mol. The molecule has 0 atom stereocenters. The molecule has 0 heterocycles. The van der Waals surface area contributed by atoms with Crippen molar-refractivity contribution in [2.45, 2.75) is 26.3 Å². The van der Waals surface area contributed by atoms with Crippen LogP contribution in [0.3, 0.4) is 0 Å². The minimum absolute atomic E-state index is 0.176. The van der Waals surface area contributed by atoms with Crippen molar-refractivity contribution < 1.29 is 0 Å². The first-order chi connectivity index (χ1) is 3.95. The summed E-state index contributed by atoms with van der Waals surface area (Å²) in [5, 5.41) is 1.71. The summed E-state index contributed by atoms with van der Waals surface area (Å²) in [5.74, 6) is 5.51. The maximum absolute atomic E-state index is 5.69. The van der Waals surface area contributed by atoms with Gasteiger partial charge in [-0.25, -0.2) is 5.01 Å². The third-order valence-corrected chi connectivity index (χ3v) is 1.02. The fourth-order valence-corrected chi connectivity index (χ4v) is 0.635. The molecular formula is C6H17N3. The molecule has 0 rings (SSSR count). The third kappa shape index (κ3) is 5.76. The highest BCUT2D eigenvalue weighted by atomic mass is 15.4. The average molecular weight is 131 g/mol. The molecule has 0 aromatic rings. The Kier molecular flexibility index (Phi) is 3.11. The van der Waals surface area contributed by atoms with Crippen molar-refractivity contribution >= 4 is 0 Å². The highest BCUT2D eigenvalue weighted by molar-refractivity contribution is 4.73. The van der Waals surface area contributed by atoms with Gasteiger partial charge < -0.3 is 5.73 Å². The molecule has 0 saturated carbocycles. The van der Waals surface area contributed by atoms with Gasteiger partial charge in [-0.2, -0.15) is 0 Å². The summed E-state index contributed by atoms with van der Waals surface area (Å²) in [4.78, 5) is 0. The molecule has 0 saturated heterocycles. The van der Waals surface area contributed by atoms with Gasteiger partial charge in [-0.05, 0) is 13.8 Å². The lowest BCUT2D eigenvalue weighted by molar-refractivity contribution is 0.242. The molecule has 0 bridgehead atoms. The number of likely N-dealkylation sites (N-methyl/N-ethyl adjacent to an activating group) is 1. The van der Waals surface area contributed by atoms with Gasteiger partial charge in [0, 0.05) is 18.6 Å². The molecule has 0 unspecified atom stereocenters. The second-order valence-corrected chi connectivity index (χ2v) is 3.05. The van der Waals surface area contributed by atoms with Crippen molar-refractivity contribution in [3.05, 3.63) is 0 Å². The fourth-order valence-electron chi connectivity index (χ4n) is 0.635. The number of nitrogens with two attached hydrogens (primary N) is 2. The lowest BCUT2D eigenvalue weighted by Gasteiger charge is -2.24. The van der Waals surface area contributed by atoms with Crippen LogP contribution in [0.1, 0.15) is 20.8 Å². The normalized spacial score (nSPS) is 12.7. The van der Waals surface area contributed by atoms with Crippen LogP contribution >= 0.6 is 0 Å². The lowest BCUT2D eigenvalue weighted by atomic mass is 10.1. The molecule has 0 fully saturated rings. The van der Waals surface area contributed by atoms with E-state index < -0.39 is 0 Å². The standard InChI is InChI=1S/C6H17N3/c1-4-9(8)5-6(2,3)7/h4-5,7-8H2,1-3H3. The molecular weight excluding hydrogens is 114 g/mol. The lowest BCUT2D eigenvalue weighted by Crippen LogP contribution is -2.48. The van der Waals surface area contributed by atoms with E-state index in [0.717, 1.165) is 13.1 Å². The Morgan fingerprint density at radius 3 is 2.00 bits per heavy atom. The largest absolute Gasteiger partial charge is 0.324 e. The molecule has 0 aromatic carbocycles. The van der Waals surface area contributed by atoms with E-state index in [1.165, 1.54) is 0 Å². The van der Waals surface area contributed by atoms with Crippen LogP contribution in [0, 0.1) is 0 Å². The second kappa shape index (κ2) is 3.15. The van der Waals surface area contributed by atoms with Gasteiger partial charge in [0.15, 0.2) is 0 Å². The predicted molar refractivity (Wildman–Crippen MR) is 39.7 cm³/mol. The highest BCUT2D eigenvalue weighted by Gasteiger charge is 2.12. The van der Waals surface area contributed by atoms with Gasteiger partial charge >= 0.3 is 0 Å². The summed E-state index contributed by atoms with van der Waals surface area (Å²) in [5.41, 5.74) is 5.51. The quantitative estimate of drug-likeness (QED) is 0.416. The molecule has 0 aliphatic carbocycles. The summed E-state index contributed by atoms with van der Waals surface area (Å²) in [6, 6.07) is 0. The first-order valence-corrected chi connectivity index (χ1v) is 3.24. The Bertz CT molecular complexity index is 74.9. The Balaban J connectivity index is 3.47. The van der Waals surface area contributed by atoms with Crippen LogP contribution in [0.25, 0.3) is 0 Å². The Morgan fingerprint density at radius 1 is 1.44 bits per heavy atom. The van der Waals surface area contributed by atoms with Gasteiger partial charge in [-0.1, -0.05) is 6.92 Å². The van der Waals surface area contributed by atoms with E-state index in [2.05, 4.69) is 0 Å².